The summed E-state index contributed by atoms with van der Waals surface area (Å²) < 4.78 is 16.5. The van der Waals surface area contributed by atoms with Gasteiger partial charge in [0.2, 0.25) is 0 Å². The molecular weight excluding hydrogens is 232 g/mol. The van der Waals surface area contributed by atoms with Gasteiger partial charge in [-0.1, -0.05) is 6.07 Å². The highest BCUT2D eigenvalue weighted by atomic mass is 16.6. The molecule has 3 unspecified atom stereocenters. The average Bonchev–Trinajstić information content (AvgIpc) is 2.78. The number of hydrogen-bond donors (Lipinski definition) is 1. The molecule has 1 saturated heterocycles. The maximum Gasteiger partial charge on any atom is 0.123 e. The molecule has 2 heterocycles. The van der Waals surface area contributed by atoms with E-state index in [0.717, 1.165) is 23.3 Å². The molecule has 2 aliphatic heterocycles. The van der Waals surface area contributed by atoms with Crippen molar-refractivity contribution in [2.24, 2.45) is 0 Å². The minimum atomic E-state index is -0.633. The van der Waals surface area contributed by atoms with Crippen molar-refractivity contribution < 1.29 is 19.3 Å². The van der Waals surface area contributed by atoms with Crippen LogP contribution in [0, 0.1) is 0 Å². The summed E-state index contributed by atoms with van der Waals surface area (Å²) in [5.41, 5.74) is 2.04. The minimum Gasteiger partial charge on any atom is -0.490 e. The molecule has 1 aromatic carbocycles. The summed E-state index contributed by atoms with van der Waals surface area (Å²) >= 11 is 0. The van der Waals surface area contributed by atoms with Gasteiger partial charge in [-0.15, -0.1) is 0 Å². The van der Waals surface area contributed by atoms with E-state index in [2.05, 4.69) is 0 Å². The maximum atomic E-state index is 10.3. The summed E-state index contributed by atoms with van der Waals surface area (Å²) in [6.45, 7) is 3.66. The fourth-order valence-corrected chi connectivity index (χ4v) is 2.53. The van der Waals surface area contributed by atoms with Gasteiger partial charge in [-0.25, -0.2) is 0 Å². The van der Waals surface area contributed by atoms with Gasteiger partial charge in [-0.3, -0.25) is 0 Å². The van der Waals surface area contributed by atoms with Crippen LogP contribution in [0.2, 0.25) is 0 Å². The first-order valence-electron chi connectivity index (χ1n) is 6.41. The van der Waals surface area contributed by atoms with E-state index in [4.69, 9.17) is 14.2 Å². The van der Waals surface area contributed by atoms with Crippen LogP contribution in [0.5, 0.6) is 5.75 Å². The maximum absolute atomic E-state index is 10.3. The largest absolute Gasteiger partial charge is 0.490 e. The third-order valence-electron chi connectivity index (χ3n) is 3.46. The van der Waals surface area contributed by atoms with Gasteiger partial charge < -0.3 is 19.3 Å². The van der Waals surface area contributed by atoms with E-state index < -0.39 is 6.10 Å². The predicted molar refractivity (Wildman–Crippen MR) is 65.8 cm³/mol. The van der Waals surface area contributed by atoms with Crippen molar-refractivity contribution in [3.63, 3.8) is 0 Å². The standard InChI is InChI=1S/C14H18O4/c1-9-6-11-7-10(2-3-12(11)18-9)14(15)13-8-16-4-5-17-13/h2-3,7,9,13-15H,4-6,8H2,1H3. The number of ether oxygens (including phenoxy) is 3. The summed E-state index contributed by atoms with van der Waals surface area (Å²) in [5, 5.41) is 10.3. The first kappa shape index (κ1) is 12.0. The zero-order chi connectivity index (χ0) is 12.5. The molecule has 4 heteroatoms. The Morgan fingerprint density at radius 1 is 1.33 bits per heavy atom. The average molecular weight is 250 g/mol. The molecule has 18 heavy (non-hydrogen) atoms. The van der Waals surface area contributed by atoms with Gasteiger partial charge in [-0.05, 0) is 30.2 Å². The van der Waals surface area contributed by atoms with Gasteiger partial charge in [0.25, 0.3) is 0 Å². The van der Waals surface area contributed by atoms with Crippen LogP contribution in [0.25, 0.3) is 0 Å². The van der Waals surface area contributed by atoms with Crippen LogP contribution >= 0.6 is 0 Å². The molecule has 1 aromatic rings. The Hall–Kier alpha value is -1.10. The van der Waals surface area contributed by atoms with Crippen molar-refractivity contribution in [3.05, 3.63) is 29.3 Å². The van der Waals surface area contributed by atoms with E-state index >= 15 is 0 Å². The van der Waals surface area contributed by atoms with E-state index in [1.165, 1.54) is 0 Å². The molecule has 4 nitrogen and oxygen atoms in total. The van der Waals surface area contributed by atoms with Crippen LogP contribution in [-0.4, -0.2) is 37.1 Å². The first-order valence-corrected chi connectivity index (χ1v) is 6.41. The topological polar surface area (TPSA) is 47.9 Å². The van der Waals surface area contributed by atoms with Crippen molar-refractivity contribution >= 4 is 0 Å². The fourth-order valence-electron chi connectivity index (χ4n) is 2.53. The second-order valence-corrected chi connectivity index (χ2v) is 4.93. The highest BCUT2D eigenvalue weighted by Crippen LogP contribution is 2.32. The van der Waals surface area contributed by atoms with Crippen LogP contribution in [0.1, 0.15) is 24.2 Å². The molecule has 0 aliphatic carbocycles. The number of benzene rings is 1. The van der Waals surface area contributed by atoms with Crippen LogP contribution in [0.15, 0.2) is 18.2 Å². The zero-order valence-corrected chi connectivity index (χ0v) is 10.5. The Balaban J connectivity index is 1.78. The van der Waals surface area contributed by atoms with Gasteiger partial charge in [-0.2, -0.15) is 0 Å². The molecule has 1 N–H and O–H groups in total. The molecule has 0 amide bonds. The number of rotatable bonds is 2. The molecule has 2 aliphatic rings. The Morgan fingerprint density at radius 3 is 3.00 bits per heavy atom. The monoisotopic (exact) mass is 250 g/mol. The van der Waals surface area contributed by atoms with Crippen molar-refractivity contribution in [2.75, 3.05) is 19.8 Å². The number of hydrogen-bond acceptors (Lipinski definition) is 4. The molecule has 1 fully saturated rings. The molecule has 0 aromatic heterocycles. The Bertz CT molecular complexity index is 426. The summed E-state index contributed by atoms with van der Waals surface area (Å²) in [7, 11) is 0. The third-order valence-corrected chi connectivity index (χ3v) is 3.46. The second-order valence-electron chi connectivity index (χ2n) is 4.93. The molecule has 98 valence electrons. The SMILES string of the molecule is CC1Cc2cc(C(O)C3COCCO3)ccc2O1. The Kier molecular flexibility index (Phi) is 3.24. The normalized spacial score (nSPS) is 28.6. The number of aliphatic hydroxyl groups is 1. The quantitative estimate of drug-likeness (QED) is 0.863. The molecule has 0 saturated carbocycles. The van der Waals surface area contributed by atoms with Gasteiger partial charge in [0.05, 0.1) is 19.8 Å². The Labute approximate surface area is 106 Å². The molecule has 0 radical (unpaired) electrons. The summed E-state index contributed by atoms with van der Waals surface area (Å²) in [4.78, 5) is 0. The summed E-state index contributed by atoms with van der Waals surface area (Å²) in [6, 6.07) is 5.85. The fraction of sp³-hybridized carbons (Fsp3) is 0.571. The third kappa shape index (κ3) is 2.23. The van der Waals surface area contributed by atoms with E-state index in [9.17, 15) is 5.11 Å². The lowest BCUT2D eigenvalue weighted by Gasteiger charge is -2.27. The highest BCUT2D eigenvalue weighted by Gasteiger charge is 2.27. The smallest absolute Gasteiger partial charge is 0.123 e. The van der Waals surface area contributed by atoms with Crippen molar-refractivity contribution in [1.29, 1.82) is 0 Å². The molecule has 3 rings (SSSR count). The van der Waals surface area contributed by atoms with Gasteiger partial charge in [0, 0.05) is 6.42 Å². The Morgan fingerprint density at radius 2 is 2.22 bits per heavy atom. The molecular formula is C14H18O4. The predicted octanol–water partition coefficient (Wildman–Crippen LogP) is 1.46. The molecule has 0 spiro atoms. The highest BCUT2D eigenvalue weighted by molar-refractivity contribution is 5.41. The van der Waals surface area contributed by atoms with Crippen molar-refractivity contribution in [2.45, 2.75) is 31.7 Å². The molecule has 3 atom stereocenters. The van der Waals surface area contributed by atoms with E-state index in [1.54, 1.807) is 0 Å². The minimum absolute atomic E-state index is 0.224. The lowest BCUT2D eigenvalue weighted by molar-refractivity contribution is -0.133. The first-order chi connectivity index (χ1) is 8.74. The van der Waals surface area contributed by atoms with Crippen LogP contribution < -0.4 is 4.74 Å². The van der Waals surface area contributed by atoms with Crippen LogP contribution in [-0.2, 0) is 15.9 Å². The molecule has 0 bridgehead atoms. The lowest BCUT2D eigenvalue weighted by Crippen LogP contribution is -2.33. The number of fused-ring (bicyclic) bond motifs is 1. The summed E-state index contributed by atoms with van der Waals surface area (Å²) in [5.74, 6) is 0.930. The van der Waals surface area contributed by atoms with Crippen LogP contribution in [0.3, 0.4) is 0 Å². The van der Waals surface area contributed by atoms with Crippen LogP contribution in [0.4, 0.5) is 0 Å². The van der Waals surface area contributed by atoms with Crippen molar-refractivity contribution in [1.82, 2.24) is 0 Å². The van der Waals surface area contributed by atoms with Gasteiger partial charge in [0.1, 0.15) is 24.1 Å². The van der Waals surface area contributed by atoms with E-state index in [-0.39, 0.29) is 12.2 Å². The second kappa shape index (κ2) is 4.88. The van der Waals surface area contributed by atoms with E-state index in [0.29, 0.717) is 19.8 Å². The lowest BCUT2D eigenvalue weighted by atomic mass is 10.00. The van der Waals surface area contributed by atoms with E-state index in [1.807, 2.05) is 25.1 Å². The van der Waals surface area contributed by atoms with Crippen molar-refractivity contribution in [3.8, 4) is 5.75 Å². The number of aliphatic hydroxyl groups excluding tert-OH is 1. The van der Waals surface area contributed by atoms with Gasteiger partial charge >= 0.3 is 0 Å². The van der Waals surface area contributed by atoms with Gasteiger partial charge in [0.15, 0.2) is 0 Å². The summed E-state index contributed by atoms with van der Waals surface area (Å²) in [6.07, 6.45) is 0.225. The zero-order valence-electron chi connectivity index (χ0n) is 10.5.